The molecule has 0 N–H and O–H groups in total. The zero-order chi connectivity index (χ0) is 14.3. The van der Waals surface area contributed by atoms with Crippen molar-refractivity contribution in [3.63, 3.8) is 0 Å². The summed E-state index contributed by atoms with van der Waals surface area (Å²) < 4.78 is 0. The van der Waals surface area contributed by atoms with Crippen LogP contribution in [0.25, 0.3) is 0 Å². The number of aryl methyl sites for hydroxylation is 1. The zero-order valence-electron chi connectivity index (χ0n) is 13.6. The first kappa shape index (κ1) is 18.2. The molecule has 0 saturated carbocycles. The van der Waals surface area contributed by atoms with E-state index in [0.29, 0.717) is 0 Å². The molecular formula is C19H34. The number of hydrogen-bond acceptors (Lipinski definition) is 0. The molecule has 0 heteroatoms. The quantitative estimate of drug-likeness (QED) is 0.460. The minimum atomic E-state index is 0.880. The fourth-order valence-electron chi connectivity index (χ4n) is 2.19. The molecule has 0 saturated heterocycles. The third-order valence-electron chi connectivity index (χ3n) is 3.51. The Morgan fingerprint density at radius 2 is 1.37 bits per heavy atom. The van der Waals surface area contributed by atoms with E-state index in [9.17, 15) is 0 Å². The van der Waals surface area contributed by atoms with Crippen molar-refractivity contribution in [2.75, 3.05) is 0 Å². The number of hydrogen-bond donors (Lipinski definition) is 0. The first-order valence-corrected chi connectivity index (χ1v) is 8.28. The molecule has 0 aliphatic carbocycles. The summed E-state index contributed by atoms with van der Waals surface area (Å²) in [6.45, 7) is 9.08. The van der Waals surface area contributed by atoms with Gasteiger partial charge in [-0.25, -0.2) is 0 Å². The molecule has 0 radical (unpaired) electrons. The highest BCUT2D eigenvalue weighted by Gasteiger charge is 2.00. The summed E-state index contributed by atoms with van der Waals surface area (Å²) in [7, 11) is 0. The zero-order valence-corrected chi connectivity index (χ0v) is 13.6. The lowest BCUT2D eigenvalue weighted by atomic mass is 9.97. The van der Waals surface area contributed by atoms with E-state index in [1.165, 1.54) is 56.9 Å². The Morgan fingerprint density at radius 1 is 0.789 bits per heavy atom. The second-order valence-electron chi connectivity index (χ2n) is 5.63. The average Bonchev–Trinajstić information content (AvgIpc) is 2.45. The highest BCUT2D eigenvalue weighted by Crippen LogP contribution is 2.13. The van der Waals surface area contributed by atoms with Crippen LogP contribution in [0.15, 0.2) is 30.3 Å². The molecule has 1 aromatic rings. The van der Waals surface area contributed by atoms with E-state index >= 15 is 0 Å². The lowest BCUT2D eigenvalue weighted by molar-refractivity contribution is 0.486. The summed E-state index contributed by atoms with van der Waals surface area (Å²) in [5.41, 5.74) is 1.48. The molecule has 0 nitrogen and oxygen atoms in total. The van der Waals surface area contributed by atoms with Gasteiger partial charge in [-0.15, -0.1) is 0 Å². The molecule has 1 atom stereocenters. The topological polar surface area (TPSA) is 0 Å². The summed E-state index contributed by atoms with van der Waals surface area (Å²) in [4.78, 5) is 0. The maximum absolute atomic E-state index is 2.35. The Balaban J connectivity index is 0.000000459. The average molecular weight is 262 g/mol. The van der Waals surface area contributed by atoms with Crippen LogP contribution in [0.1, 0.15) is 78.2 Å². The van der Waals surface area contributed by atoms with Gasteiger partial charge in [-0.1, -0.05) is 96.6 Å². The number of unbranched alkanes of at least 4 members (excludes halogenated alkanes) is 3. The fourth-order valence-corrected chi connectivity index (χ4v) is 2.19. The van der Waals surface area contributed by atoms with Crippen molar-refractivity contribution >= 4 is 0 Å². The van der Waals surface area contributed by atoms with E-state index < -0.39 is 0 Å². The van der Waals surface area contributed by atoms with Crippen LogP contribution in [-0.4, -0.2) is 0 Å². The maximum Gasteiger partial charge on any atom is -0.0276 e. The van der Waals surface area contributed by atoms with Crippen molar-refractivity contribution in [2.45, 2.75) is 79.1 Å². The molecule has 1 aromatic carbocycles. The lowest BCUT2D eigenvalue weighted by Gasteiger charge is -2.09. The van der Waals surface area contributed by atoms with Crippen molar-refractivity contribution in [3.05, 3.63) is 35.9 Å². The van der Waals surface area contributed by atoms with E-state index in [-0.39, 0.29) is 0 Å². The first-order valence-electron chi connectivity index (χ1n) is 8.28. The largest absolute Gasteiger partial charge is 0.0654 e. The summed E-state index contributed by atoms with van der Waals surface area (Å²) >= 11 is 0. The van der Waals surface area contributed by atoms with Gasteiger partial charge in [0.1, 0.15) is 0 Å². The van der Waals surface area contributed by atoms with Gasteiger partial charge in [0, 0.05) is 0 Å². The van der Waals surface area contributed by atoms with E-state index in [0.717, 1.165) is 5.92 Å². The Labute approximate surface area is 121 Å². The van der Waals surface area contributed by atoms with Gasteiger partial charge in [-0.05, 0) is 24.3 Å². The predicted octanol–water partition coefficient (Wildman–Crippen LogP) is 6.64. The molecule has 110 valence electrons. The van der Waals surface area contributed by atoms with Crippen LogP contribution in [0.5, 0.6) is 0 Å². The second kappa shape index (κ2) is 13.6. The normalized spacial score (nSPS) is 11.6. The minimum Gasteiger partial charge on any atom is -0.0654 e. The maximum atomic E-state index is 2.35. The molecule has 0 spiro atoms. The molecule has 1 rings (SSSR count). The predicted molar refractivity (Wildman–Crippen MR) is 88.7 cm³/mol. The SMILES string of the molecule is CCCC(C)CCc1ccccc1.CCCCCC. The highest BCUT2D eigenvalue weighted by atomic mass is 14.1. The van der Waals surface area contributed by atoms with Crippen LogP contribution in [-0.2, 0) is 6.42 Å². The standard InChI is InChI=1S/C13H20.C6H14/c1-3-7-12(2)10-11-13-8-5-4-6-9-13;1-3-5-6-4-2/h4-6,8-9,12H,3,7,10-11H2,1-2H3;3-6H2,1-2H3. The van der Waals surface area contributed by atoms with Gasteiger partial charge in [-0.3, -0.25) is 0 Å². The molecule has 0 amide bonds. The third-order valence-corrected chi connectivity index (χ3v) is 3.51. The molecule has 1 unspecified atom stereocenters. The monoisotopic (exact) mass is 262 g/mol. The fraction of sp³-hybridized carbons (Fsp3) is 0.684. The van der Waals surface area contributed by atoms with Gasteiger partial charge in [0.05, 0.1) is 0 Å². The van der Waals surface area contributed by atoms with E-state index in [4.69, 9.17) is 0 Å². The molecule has 19 heavy (non-hydrogen) atoms. The first-order chi connectivity index (χ1) is 9.24. The highest BCUT2D eigenvalue weighted by molar-refractivity contribution is 5.14. The minimum absolute atomic E-state index is 0.880. The van der Waals surface area contributed by atoms with Crippen LogP contribution >= 0.6 is 0 Å². The van der Waals surface area contributed by atoms with Gasteiger partial charge in [0.15, 0.2) is 0 Å². The smallest absolute Gasteiger partial charge is 0.0276 e. The molecule has 0 aliphatic rings. The molecule has 0 bridgehead atoms. The van der Waals surface area contributed by atoms with Crippen LogP contribution in [0, 0.1) is 5.92 Å². The van der Waals surface area contributed by atoms with Gasteiger partial charge in [-0.2, -0.15) is 0 Å². The van der Waals surface area contributed by atoms with Crippen molar-refractivity contribution in [2.24, 2.45) is 5.92 Å². The number of rotatable bonds is 8. The Morgan fingerprint density at radius 3 is 1.84 bits per heavy atom. The third kappa shape index (κ3) is 12.0. The van der Waals surface area contributed by atoms with E-state index in [1.54, 1.807) is 0 Å². The van der Waals surface area contributed by atoms with Gasteiger partial charge in [0.2, 0.25) is 0 Å². The van der Waals surface area contributed by atoms with Gasteiger partial charge >= 0.3 is 0 Å². The Kier molecular flexibility index (Phi) is 13.1. The molecule has 0 aliphatic heterocycles. The van der Waals surface area contributed by atoms with E-state index in [1.807, 2.05) is 0 Å². The molecular weight excluding hydrogens is 228 g/mol. The van der Waals surface area contributed by atoms with Gasteiger partial charge < -0.3 is 0 Å². The van der Waals surface area contributed by atoms with Crippen molar-refractivity contribution in [1.29, 1.82) is 0 Å². The van der Waals surface area contributed by atoms with Crippen molar-refractivity contribution in [1.82, 2.24) is 0 Å². The molecule has 0 fully saturated rings. The molecule has 0 aromatic heterocycles. The van der Waals surface area contributed by atoms with E-state index in [2.05, 4.69) is 58.0 Å². The second-order valence-corrected chi connectivity index (χ2v) is 5.63. The lowest BCUT2D eigenvalue weighted by Crippen LogP contribution is -1.96. The number of benzene rings is 1. The van der Waals surface area contributed by atoms with Crippen LogP contribution in [0.3, 0.4) is 0 Å². The Bertz CT molecular complexity index is 259. The van der Waals surface area contributed by atoms with Crippen LogP contribution in [0.2, 0.25) is 0 Å². The summed E-state index contributed by atoms with van der Waals surface area (Å²) in [6, 6.07) is 10.8. The summed E-state index contributed by atoms with van der Waals surface area (Å²) in [6.07, 6.45) is 10.8. The Hall–Kier alpha value is -0.780. The van der Waals surface area contributed by atoms with Crippen LogP contribution < -0.4 is 0 Å². The van der Waals surface area contributed by atoms with Crippen molar-refractivity contribution in [3.8, 4) is 0 Å². The van der Waals surface area contributed by atoms with Crippen molar-refractivity contribution < 1.29 is 0 Å². The van der Waals surface area contributed by atoms with Gasteiger partial charge in [0.25, 0.3) is 0 Å². The van der Waals surface area contributed by atoms with Crippen LogP contribution in [0.4, 0.5) is 0 Å². The summed E-state index contributed by atoms with van der Waals surface area (Å²) in [5.74, 6) is 0.880. The molecule has 0 heterocycles. The summed E-state index contributed by atoms with van der Waals surface area (Å²) in [5, 5.41) is 0.